The SMILES string of the molecule is CC(C)N1C[C@@H]2CN(C(=O)O)CCc3cccc1c32. The van der Waals surface area contributed by atoms with Crippen LogP contribution in [0.3, 0.4) is 0 Å². The van der Waals surface area contributed by atoms with Crippen LogP contribution in [0.15, 0.2) is 18.2 Å². The Bertz CT molecular complexity index is 513. The van der Waals surface area contributed by atoms with Crippen molar-refractivity contribution < 1.29 is 9.90 Å². The van der Waals surface area contributed by atoms with Crippen LogP contribution < -0.4 is 4.90 Å². The third-order valence-corrected chi connectivity index (χ3v) is 4.29. The van der Waals surface area contributed by atoms with Crippen molar-refractivity contribution in [2.75, 3.05) is 24.5 Å². The highest BCUT2D eigenvalue weighted by Gasteiger charge is 2.35. The van der Waals surface area contributed by atoms with Crippen molar-refractivity contribution in [2.24, 2.45) is 0 Å². The number of rotatable bonds is 1. The molecule has 2 aliphatic heterocycles. The minimum atomic E-state index is -0.794. The minimum absolute atomic E-state index is 0.326. The Morgan fingerprint density at radius 1 is 1.37 bits per heavy atom. The van der Waals surface area contributed by atoms with Gasteiger partial charge in [0.05, 0.1) is 0 Å². The Labute approximate surface area is 113 Å². The summed E-state index contributed by atoms with van der Waals surface area (Å²) in [6, 6.07) is 6.88. The van der Waals surface area contributed by atoms with E-state index < -0.39 is 6.09 Å². The van der Waals surface area contributed by atoms with Crippen LogP contribution in [0.25, 0.3) is 0 Å². The van der Waals surface area contributed by atoms with Crippen LogP contribution in [-0.4, -0.2) is 41.8 Å². The summed E-state index contributed by atoms with van der Waals surface area (Å²) in [6.45, 7) is 6.57. The molecule has 102 valence electrons. The summed E-state index contributed by atoms with van der Waals surface area (Å²) in [7, 11) is 0. The third kappa shape index (κ3) is 1.95. The van der Waals surface area contributed by atoms with Crippen molar-refractivity contribution in [2.45, 2.75) is 32.2 Å². The number of nitrogens with zero attached hydrogens (tertiary/aromatic N) is 2. The van der Waals surface area contributed by atoms with Gasteiger partial charge in [-0.15, -0.1) is 0 Å². The third-order valence-electron chi connectivity index (χ3n) is 4.29. The molecule has 19 heavy (non-hydrogen) atoms. The molecule has 1 amide bonds. The Morgan fingerprint density at radius 2 is 2.16 bits per heavy atom. The Kier molecular flexibility index (Phi) is 2.88. The summed E-state index contributed by atoms with van der Waals surface area (Å²) in [5.74, 6) is 0.326. The van der Waals surface area contributed by atoms with Crippen LogP contribution in [0.4, 0.5) is 10.5 Å². The van der Waals surface area contributed by atoms with Crippen LogP contribution in [-0.2, 0) is 6.42 Å². The lowest BCUT2D eigenvalue weighted by Gasteiger charge is -2.26. The molecule has 0 saturated heterocycles. The van der Waals surface area contributed by atoms with E-state index in [1.54, 1.807) is 4.90 Å². The molecule has 0 aliphatic carbocycles. The first-order valence-corrected chi connectivity index (χ1v) is 6.94. The molecule has 1 aromatic carbocycles. The number of hydrogen-bond acceptors (Lipinski definition) is 2. The zero-order chi connectivity index (χ0) is 13.6. The van der Waals surface area contributed by atoms with Gasteiger partial charge in [-0.25, -0.2) is 4.79 Å². The number of benzene rings is 1. The summed E-state index contributed by atoms with van der Waals surface area (Å²) in [5, 5.41) is 9.26. The molecule has 2 heterocycles. The number of carboxylic acid groups (broad SMARTS) is 1. The topological polar surface area (TPSA) is 43.8 Å². The smallest absolute Gasteiger partial charge is 0.407 e. The van der Waals surface area contributed by atoms with Gasteiger partial charge in [0, 0.05) is 37.3 Å². The van der Waals surface area contributed by atoms with E-state index in [-0.39, 0.29) is 0 Å². The maximum Gasteiger partial charge on any atom is 0.407 e. The summed E-state index contributed by atoms with van der Waals surface area (Å²) in [6.07, 6.45) is 0.0371. The van der Waals surface area contributed by atoms with Gasteiger partial charge in [-0.2, -0.15) is 0 Å². The largest absolute Gasteiger partial charge is 0.465 e. The van der Waals surface area contributed by atoms with E-state index in [0.717, 1.165) is 13.0 Å². The van der Waals surface area contributed by atoms with Crippen LogP contribution in [0, 0.1) is 0 Å². The standard InChI is InChI=1S/C15H20N2O2/c1-10(2)17-9-12-8-16(15(18)19)7-6-11-4-3-5-13(17)14(11)12/h3-5,10,12H,6-9H2,1-2H3,(H,18,19)/t12-/m0/s1. The number of amides is 1. The lowest BCUT2D eigenvalue weighted by molar-refractivity contribution is 0.144. The van der Waals surface area contributed by atoms with Gasteiger partial charge in [0.15, 0.2) is 0 Å². The lowest BCUT2D eigenvalue weighted by atomic mass is 9.96. The van der Waals surface area contributed by atoms with E-state index in [1.165, 1.54) is 16.8 Å². The highest BCUT2D eigenvalue weighted by Crippen LogP contribution is 2.41. The van der Waals surface area contributed by atoms with E-state index in [1.807, 2.05) is 0 Å². The highest BCUT2D eigenvalue weighted by molar-refractivity contribution is 5.68. The summed E-state index contributed by atoms with van der Waals surface area (Å²) < 4.78 is 0. The Morgan fingerprint density at radius 3 is 2.84 bits per heavy atom. The first kappa shape index (κ1) is 12.3. The summed E-state index contributed by atoms with van der Waals surface area (Å²) in [5.41, 5.74) is 4.03. The molecule has 0 spiro atoms. The van der Waals surface area contributed by atoms with Crippen molar-refractivity contribution in [3.05, 3.63) is 29.3 Å². The van der Waals surface area contributed by atoms with Crippen LogP contribution >= 0.6 is 0 Å². The molecule has 2 aliphatic rings. The van der Waals surface area contributed by atoms with Gasteiger partial charge in [0.1, 0.15) is 0 Å². The summed E-state index contributed by atoms with van der Waals surface area (Å²) in [4.78, 5) is 15.2. The molecule has 4 nitrogen and oxygen atoms in total. The predicted octanol–water partition coefficient (Wildman–Crippen LogP) is 2.53. The van der Waals surface area contributed by atoms with Crippen molar-refractivity contribution in [3.63, 3.8) is 0 Å². The molecule has 1 atom stereocenters. The second kappa shape index (κ2) is 4.44. The Balaban J connectivity index is 2.02. The molecule has 0 radical (unpaired) electrons. The molecule has 0 aromatic heterocycles. The quantitative estimate of drug-likeness (QED) is 0.844. The van der Waals surface area contributed by atoms with Crippen molar-refractivity contribution >= 4 is 11.8 Å². The van der Waals surface area contributed by atoms with Gasteiger partial charge in [-0.1, -0.05) is 12.1 Å². The first-order valence-electron chi connectivity index (χ1n) is 6.94. The number of carbonyl (C=O) groups is 1. The fourth-order valence-electron chi connectivity index (χ4n) is 3.39. The monoisotopic (exact) mass is 260 g/mol. The maximum atomic E-state index is 11.3. The zero-order valence-corrected chi connectivity index (χ0v) is 11.5. The average molecular weight is 260 g/mol. The maximum absolute atomic E-state index is 11.3. The minimum Gasteiger partial charge on any atom is -0.465 e. The van der Waals surface area contributed by atoms with Crippen LogP contribution in [0.1, 0.15) is 30.9 Å². The fourth-order valence-corrected chi connectivity index (χ4v) is 3.39. The Hall–Kier alpha value is -1.71. The van der Waals surface area contributed by atoms with E-state index >= 15 is 0 Å². The fraction of sp³-hybridized carbons (Fsp3) is 0.533. The molecule has 0 saturated carbocycles. The van der Waals surface area contributed by atoms with Gasteiger partial charge >= 0.3 is 6.09 Å². The van der Waals surface area contributed by atoms with E-state index in [2.05, 4.69) is 36.9 Å². The highest BCUT2D eigenvalue weighted by atomic mass is 16.4. The van der Waals surface area contributed by atoms with E-state index in [4.69, 9.17) is 0 Å². The van der Waals surface area contributed by atoms with Crippen molar-refractivity contribution in [1.82, 2.24) is 4.90 Å². The van der Waals surface area contributed by atoms with Gasteiger partial charge in [-0.05, 0) is 37.5 Å². The predicted molar refractivity (Wildman–Crippen MR) is 75.0 cm³/mol. The normalized spacial score (nSPS) is 21.5. The molecular weight excluding hydrogens is 240 g/mol. The second-order valence-corrected chi connectivity index (χ2v) is 5.77. The van der Waals surface area contributed by atoms with Crippen molar-refractivity contribution in [3.8, 4) is 0 Å². The van der Waals surface area contributed by atoms with Gasteiger partial charge in [-0.3, -0.25) is 0 Å². The van der Waals surface area contributed by atoms with E-state index in [9.17, 15) is 9.90 Å². The molecule has 0 unspecified atom stereocenters. The zero-order valence-electron chi connectivity index (χ0n) is 11.5. The molecule has 0 bridgehead atoms. The van der Waals surface area contributed by atoms with Crippen molar-refractivity contribution in [1.29, 1.82) is 0 Å². The van der Waals surface area contributed by atoms with Gasteiger partial charge < -0.3 is 14.9 Å². The average Bonchev–Trinajstić information content (AvgIpc) is 2.62. The van der Waals surface area contributed by atoms with E-state index in [0.29, 0.717) is 25.0 Å². The first-order chi connectivity index (χ1) is 9.08. The van der Waals surface area contributed by atoms with Crippen LogP contribution in [0.5, 0.6) is 0 Å². The molecule has 4 heteroatoms. The van der Waals surface area contributed by atoms with Crippen LogP contribution in [0.2, 0.25) is 0 Å². The lowest BCUT2D eigenvalue weighted by Crippen LogP contribution is -2.36. The second-order valence-electron chi connectivity index (χ2n) is 5.77. The van der Waals surface area contributed by atoms with Gasteiger partial charge in [0.2, 0.25) is 0 Å². The summed E-state index contributed by atoms with van der Waals surface area (Å²) >= 11 is 0. The van der Waals surface area contributed by atoms with Gasteiger partial charge in [0.25, 0.3) is 0 Å². The number of hydrogen-bond donors (Lipinski definition) is 1. The molecule has 1 aromatic rings. The molecule has 0 fully saturated rings. The molecule has 1 N–H and O–H groups in total. The molecule has 3 rings (SSSR count). The number of anilines is 1. The molecular formula is C15H20N2O2.